The molecule has 3 aromatic rings. The van der Waals surface area contributed by atoms with Crippen LogP contribution in [0.4, 0.5) is 0 Å². The number of ether oxygens (including phenoxy) is 1. The van der Waals surface area contributed by atoms with Gasteiger partial charge in [0.25, 0.3) is 0 Å². The Morgan fingerprint density at radius 3 is 2.71 bits per heavy atom. The standard InChI is InChI=1S/C17H12BrNO2/c18-15-9-2-1-8-14(15)17(20)21-11-13-6-3-5-12-7-4-10-19-16(12)13/h1-10H,11H2. The Kier molecular flexibility index (Phi) is 3.97. The van der Waals surface area contributed by atoms with Crippen LogP contribution in [0.15, 0.2) is 65.3 Å². The lowest BCUT2D eigenvalue weighted by Crippen LogP contribution is -2.06. The molecule has 1 heterocycles. The molecule has 0 bridgehead atoms. The number of nitrogens with zero attached hydrogens (tertiary/aromatic N) is 1. The Hall–Kier alpha value is -2.20. The lowest BCUT2D eigenvalue weighted by molar-refractivity contribution is 0.0473. The van der Waals surface area contributed by atoms with E-state index in [1.807, 2.05) is 42.5 Å². The molecule has 21 heavy (non-hydrogen) atoms. The first-order valence-electron chi connectivity index (χ1n) is 6.50. The van der Waals surface area contributed by atoms with Gasteiger partial charge < -0.3 is 4.74 Å². The van der Waals surface area contributed by atoms with Crippen molar-refractivity contribution in [2.24, 2.45) is 0 Å². The molecule has 0 aliphatic heterocycles. The monoisotopic (exact) mass is 341 g/mol. The second-order valence-electron chi connectivity index (χ2n) is 4.55. The Morgan fingerprint density at radius 2 is 1.86 bits per heavy atom. The van der Waals surface area contributed by atoms with Crippen molar-refractivity contribution < 1.29 is 9.53 Å². The fourth-order valence-corrected chi connectivity index (χ4v) is 2.58. The van der Waals surface area contributed by atoms with Gasteiger partial charge in [0, 0.05) is 21.6 Å². The number of aromatic nitrogens is 1. The van der Waals surface area contributed by atoms with Crippen LogP contribution in [0.3, 0.4) is 0 Å². The van der Waals surface area contributed by atoms with Crippen molar-refractivity contribution in [1.29, 1.82) is 0 Å². The zero-order valence-electron chi connectivity index (χ0n) is 11.1. The van der Waals surface area contributed by atoms with Gasteiger partial charge in [0.05, 0.1) is 11.1 Å². The average Bonchev–Trinajstić information content (AvgIpc) is 2.53. The smallest absolute Gasteiger partial charge is 0.339 e. The summed E-state index contributed by atoms with van der Waals surface area (Å²) < 4.78 is 6.12. The third-order valence-electron chi connectivity index (χ3n) is 3.17. The third kappa shape index (κ3) is 2.95. The normalized spacial score (nSPS) is 10.5. The number of carbonyl (C=O) groups excluding carboxylic acids is 1. The zero-order chi connectivity index (χ0) is 14.7. The molecule has 2 aromatic carbocycles. The molecule has 3 nitrogen and oxygen atoms in total. The van der Waals surface area contributed by atoms with E-state index >= 15 is 0 Å². The lowest BCUT2D eigenvalue weighted by atomic mass is 10.1. The molecule has 1 aromatic heterocycles. The van der Waals surface area contributed by atoms with Crippen molar-refractivity contribution in [3.63, 3.8) is 0 Å². The van der Waals surface area contributed by atoms with Crippen LogP contribution in [0.25, 0.3) is 10.9 Å². The van der Waals surface area contributed by atoms with Gasteiger partial charge in [-0.05, 0) is 34.1 Å². The molecule has 4 heteroatoms. The molecule has 0 N–H and O–H groups in total. The van der Waals surface area contributed by atoms with Gasteiger partial charge in [0.15, 0.2) is 0 Å². The Morgan fingerprint density at radius 1 is 1.05 bits per heavy atom. The number of hydrogen-bond donors (Lipinski definition) is 0. The largest absolute Gasteiger partial charge is 0.457 e. The van der Waals surface area contributed by atoms with E-state index in [9.17, 15) is 4.79 Å². The summed E-state index contributed by atoms with van der Waals surface area (Å²) in [4.78, 5) is 16.5. The first-order chi connectivity index (χ1) is 10.3. The minimum Gasteiger partial charge on any atom is -0.457 e. The van der Waals surface area contributed by atoms with Crippen LogP contribution in [0.1, 0.15) is 15.9 Å². The molecule has 0 spiro atoms. The van der Waals surface area contributed by atoms with Gasteiger partial charge >= 0.3 is 5.97 Å². The maximum atomic E-state index is 12.1. The zero-order valence-corrected chi connectivity index (χ0v) is 12.7. The van der Waals surface area contributed by atoms with Gasteiger partial charge in [0.2, 0.25) is 0 Å². The molecule has 3 rings (SSSR count). The van der Waals surface area contributed by atoms with E-state index in [2.05, 4.69) is 20.9 Å². The van der Waals surface area contributed by atoms with Gasteiger partial charge in [-0.25, -0.2) is 4.79 Å². The van der Waals surface area contributed by atoms with Gasteiger partial charge in [-0.3, -0.25) is 4.98 Å². The summed E-state index contributed by atoms with van der Waals surface area (Å²) in [6.45, 7) is 0.203. The molecule has 0 radical (unpaired) electrons. The molecular weight excluding hydrogens is 330 g/mol. The number of halogens is 1. The van der Waals surface area contributed by atoms with E-state index in [1.165, 1.54) is 0 Å². The minimum atomic E-state index is -0.351. The van der Waals surface area contributed by atoms with Gasteiger partial charge in [0.1, 0.15) is 6.61 Å². The van der Waals surface area contributed by atoms with E-state index in [0.717, 1.165) is 20.9 Å². The number of rotatable bonds is 3. The molecule has 0 fully saturated rings. The summed E-state index contributed by atoms with van der Waals surface area (Å²) >= 11 is 3.35. The predicted octanol–water partition coefficient (Wildman–Crippen LogP) is 4.35. The van der Waals surface area contributed by atoms with Crippen LogP contribution in [0, 0.1) is 0 Å². The number of carbonyl (C=O) groups is 1. The number of benzene rings is 2. The second-order valence-corrected chi connectivity index (χ2v) is 5.40. The Balaban J connectivity index is 1.81. The maximum absolute atomic E-state index is 12.1. The highest BCUT2D eigenvalue weighted by Crippen LogP contribution is 2.20. The van der Waals surface area contributed by atoms with Crippen LogP contribution >= 0.6 is 15.9 Å². The van der Waals surface area contributed by atoms with E-state index < -0.39 is 0 Å². The SMILES string of the molecule is O=C(OCc1cccc2cccnc12)c1ccccc1Br. The number of hydrogen-bond acceptors (Lipinski definition) is 3. The van der Waals surface area contributed by atoms with Crippen molar-refractivity contribution in [2.75, 3.05) is 0 Å². The lowest BCUT2D eigenvalue weighted by Gasteiger charge is -2.08. The van der Waals surface area contributed by atoms with Crippen molar-refractivity contribution in [3.8, 4) is 0 Å². The summed E-state index contributed by atoms with van der Waals surface area (Å²) in [6, 6.07) is 16.9. The molecule has 0 aliphatic rings. The molecule has 0 saturated heterocycles. The van der Waals surface area contributed by atoms with E-state index in [1.54, 1.807) is 18.3 Å². The third-order valence-corrected chi connectivity index (χ3v) is 3.86. The van der Waals surface area contributed by atoms with Crippen LogP contribution in [-0.2, 0) is 11.3 Å². The van der Waals surface area contributed by atoms with E-state index in [0.29, 0.717) is 5.56 Å². The summed E-state index contributed by atoms with van der Waals surface area (Å²) in [5.74, 6) is -0.351. The maximum Gasteiger partial charge on any atom is 0.339 e. The summed E-state index contributed by atoms with van der Waals surface area (Å²) in [6.07, 6.45) is 1.74. The molecular formula is C17H12BrNO2. The van der Waals surface area contributed by atoms with Gasteiger partial charge in [-0.1, -0.05) is 36.4 Å². The Labute approximate surface area is 130 Å². The number of esters is 1. The predicted molar refractivity (Wildman–Crippen MR) is 85.0 cm³/mol. The van der Waals surface area contributed by atoms with Crippen LogP contribution in [0.5, 0.6) is 0 Å². The highest BCUT2D eigenvalue weighted by atomic mass is 79.9. The number of para-hydroxylation sites is 1. The van der Waals surface area contributed by atoms with Gasteiger partial charge in [-0.2, -0.15) is 0 Å². The fraction of sp³-hybridized carbons (Fsp3) is 0.0588. The van der Waals surface area contributed by atoms with Crippen molar-refractivity contribution >= 4 is 32.8 Å². The molecule has 0 saturated carbocycles. The summed E-state index contributed by atoms with van der Waals surface area (Å²) in [5.41, 5.74) is 2.28. The van der Waals surface area contributed by atoms with Crippen LogP contribution < -0.4 is 0 Å². The molecule has 0 aliphatic carbocycles. The number of fused-ring (bicyclic) bond motifs is 1. The van der Waals surface area contributed by atoms with Crippen LogP contribution in [-0.4, -0.2) is 11.0 Å². The van der Waals surface area contributed by atoms with Gasteiger partial charge in [-0.15, -0.1) is 0 Å². The van der Waals surface area contributed by atoms with Crippen LogP contribution in [0.2, 0.25) is 0 Å². The van der Waals surface area contributed by atoms with E-state index in [4.69, 9.17) is 4.74 Å². The highest BCUT2D eigenvalue weighted by molar-refractivity contribution is 9.10. The summed E-state index contributed by atoms with van der Waals surface area (Å²) in [7, 11) is 0. The van der Waals surface area contributed by atoms with Crippen molar-refractivity contribution in [3.05, 3.63) is 76.4 Å². The fourth-order valence-electron chi connectivity index (χ4n) is 2.13. The number of pyridine rings is 1. The highest BCUT2D eigenvalue weighted by Gasteiger charge is 2.11. The molecule has 0 unspecified atom stereocenters. The minimum absolute atomic E-state index is 0.203. The van der Waals surface area contributed by atoms with Crippen molar-refractivity contribution in [2.45, 2.75) is 6.61 Å². The second kappa shape index (κ2) is 6.06. The van der Waals surface area contributed by atoms with E-state index in [-0.39, 0.29) is 12.6 Å². The quantitative estimate of drug-likeness (QED) is 0.664. The molecule has 0 amide bonds. The first-order valence-corrected chi connectivity index (χ1v) is 7.29. The topological polar surface area (TPSA) is 39.2 Å². The first kappa shape index (κ1) is 13.8. The molecule has 104 valence electrons. The summed E-state index contributed by atoms with van der Waals surface area (Å²) in [5, 5.41) is 1.03. The Bertz CT molecular complexity index is 796. The van der Waals surface area contributed by atoms with Crippen molar-refractivity contribution in [1.82, 2.24) is 4.98 Å². The average molecular weight is 342 g/mol. The molecule has 0 atom stereocenters.